The Morgan fingerprint density at radius 3 is 2.62 bits per heavy atom. The fourth-order valence-corrected chi connectivity index (χ4v) is 2.19. The van der Waals surface area contributed by atoms with Gasteiger partial charge in [0.2, 0.25) is 5.91 Å². The normalized spacial score (nSPS) is 25.4. The molecule has 0 heterocycles. The highest BCUT2D eigenvalue weighted by Gasteiger charge is 2.21. The van der Waals surface area contributed by atoms with Crippen LogP contribution in [0.15, 0.2) is 0 Å². The summed E-state index contributed by atoms with van der Waals surface area (Å²) in [6, 6.07) is 0.252. The predicted octanol–water partition coefficient (Wildman–Crippen LogP) is 1.14. The van der Waals surface area contributed by atoms with Crippen molar-refractivity contribution < 1.29 is 9.53 Å². The van der Waals surface area contributed by atoms with E-state index in [2.05, 4.69) is 0 Å². The van der Waals surface area contributed by atoms with Gasteiger partial charge < -0.3 is 15.4 Å². The van der Waals surface area contributed by atoms with Gasteiger partial charge in [-0.25, -0.2) is 0 Å². The molecule has 2 N–H and O–H groups in total. The third-order valence-corrected chi connectivity index (χ3v) is 3.23. The lowest BCUT2D eigenvalue weighted by Gasteiger charge is -2.27. The van der Waals surface area contributed by atoms with Crippen LogP contribution < -0.4 is 5.73 Å². The molecule has 1 saturated carbocycles. The molecule has 1 aliphatic carbocycles. The second-order valence-corrected chi connectivity index (χ2v) is 4.43. The van der Waals surface area contributed by atoms with E-state index in [0.717, 1.165) is 38.8 Å². The zero-order valence-electron chi connectivity index (χ0n) is 10.4. The van der Waals surface area contributed by atoms with Crippen LogP contribution in [-0.2, 0) is 9.53 Å². The third kappa shape index (κ3) is 4.10. The maximum absolute atomic E-state index is 11.7. The van der Waals surface area contributed by atoms with Gasteiger partial charge in [-0.05, 0) is 39.5 Å². The molecule has 0 aromatic heterocycles. The highest BCUT2D eigenvalue weighted by atomic mass is 16.5. The molecule has 0 saturated heterocycles. The van der Waals surface area contributed by atoms with Crippen LogP contribution in [0.5, 0.6) is 0 Å². The molecule has 0 radical (unpaired) electrons. The molecule has 4 heteroatoms. The van der Waals surface area contributed by atoms with Crippen LogP contribution in [-0.4, -0.2) is 42.6 Å². The Morgan fingerprint density at radius 2 is 2.06 bits per heavy atom. The first-order valence-corrected chi connectivity index (χ1v) is 6.32. The summed E-state index contributed by atoms with van der Waals surface area (Å²) in [5.74, 6) is 0.0872. The van der Waals surface area contributed by atoms with Crippen LogP contribution in [0.3, 0.4) is 0 Å². The number of hydrogen-bond donors (Lipinski definition) is 1. The zero-order valence-corrected chi connectivity index (χ0v) is 10.4. The van der Waals surface area contributed by atoms with Gasteiger partial charge in [0, 0.05) is 19.1 Å². The van der Waals surface area contributed by atoms with Gasteiger partial charge in [-0.3, -0.25) is 4.79 Å². The number of nitrogens with zero attached hydrogens (tertiary/aromatic N) is 1. The smallest absolute Gasteiger partial charge is 0.248 e. The molecule has 94 valence electrons. The topological polar surface area (TPSA) is 55.6 Å². The Balaban J connectivity index is 2.25. The largest absolute Gasteiger partial charge is 0.368 e. The average molecular weight is 228 g/mol. The third-order valence-electron chi connectivity index (χ3n) is 3.23. The number of nitrogens with two attached hydrogens (primary N) is 1. The van der Waals surface area contributed by atoms with Crippen molar-refractivity contribution in [2.45, 2.75) is 51.7 Å². The van der Waals surface area contributed by atoms with E-state index in [1.807, 2.05) is 13.8 Å². The van der Waals surface area contributed by atoms with Crippen molar-refractivity contribution in [3.63, 3.8) is 0 Å². The van der Waals surface area contributed by atoms with E-state index < -0.39 is 0 Å². The van der Waals surface area contributed by atoms with Gasteiger partial charge in [-0.2, -0.15) is 0 Å². The minimum Gasteiger partial charge on any atom is -0.368 e. The summed E-state index contributed by atoms with van der Waals surface area (Å²) < 4.78 is 5.63. The van der Waals surface area contributed by atoms with Crippen molar-refractivity contribution in [2.24, 2.45) is 5.73 Å². The van der Waals surface area contributed by atoms with Crippen LogP contribution in [0.2, 0.25) is 0 Å². The van der Waals surface area contributed by atoms with E-state index in [1.54, 1.807) is 4.90 Å². The fourth-order valence-electron chi connectivity index (χ4n) is 2.19. The Morgan fingerprint density at radius 1 is 1.38 bits per heavy atom. The van der Waals surface area contributed by atoms with Gasteiger partial charge >= 0.3 is 0 Å². The maximum Gasteiger partial charge on any atom is 0.248 e. The van der Waals surface area contributed by atoms with Gasteiger partial charge in [-0.15, -0.1) is 0 Å². The molecule has 0 bridgehead atoms. The fraction of sp³-hybridized carbons (Fsp3) is 0.917. The van der Waals surface area contributed by atoms with Crippen molar-refractivity contribution in [1.29, 1.82) is 0 Å². The Bertz CT molecular complexity index is 217. The van der Waals surface area contributed by atoms with Gasteiger partial charge in [0.1, 0.15) is 6.61 Å². The van der Waals surface area contributed by atoms with Gasteiger partial charge in [0.15, 0.2) is 0 Å². The standard InChI is InChI=1S/C12H24N2O2/c1-3-14(4-2)12(15)9-16-11-7-5-6-10(13)8-11/h10-11H,3-9,13H2,1-2H3. The molecule has 16 heavy (non-hydrogen) atoms. The van der Waals surface area contributed by atoms with E-state index in [-0.39, 0.29) is 24.7 Å². The first-order valence-electron chi connectivity index (χ1n) is 6.32. The van der Waals surface area contributed by atoms with Crippen LogP contribution >= 0.6 is 0 Å². The molecule has 0 aromatic carbocycles. The van der Waals surface area contributed by atoms with E-state index in [1.165, 1.54) is 0 Å². The molecule has 1 fully saturated rings. The Labute approximate surface area is 98.1 Å². The van der Waals surface area contributed by atoms with Crippen LogP contribution in [0.25, 0.3) is 0 Å². The molecule has 1 aliphatic rings. The summed E-state index contributed by atoms with van der Waals surface area (Å²) in [6.07, 6.45) is 4.32. The Kier molecular flexibility index (Phi) is 5.77. The first-order chi connectivity index (χ1) is 7.67. The second kappa shape index (κ2) is 6.86. The van der Waals surface area contributed by atoms with Crippen molar-refractivity contribution in [2.75, 3.05) is 19.7 Å². The molecular formula is C12H24N2O2. The molecule has 2 unspecified atom stereocenters. The van der Waals surface area contributed by atoms with E-state index in [4.69, 9.17) is 10.5 Å². The lowest BCUT2D eigenvalue weighted by molar-refractivity contribution is -0.138. The SMILES string of the molecule is CCN(CC)C(=O)COC1CCCC(N)C1. The quantitative estimate of drug-likeness (QED) is 0.767. The van der Waals surface area contributed by atoms with Crippen LogP contribution in [0, 0.1) is 0 Å². The Hall–Kier alpha value is -0.610. The van der Waals surface area contributed by atoms with Crippen molar-refractivity contribution in [3.05, 3.63) is 0 Å². The minimum atomic E-state index is 0.0872. The lowest BCUT2D eigenvalue weighted by Crippen LogP contribution is -2.37. The molecule has 0 aliphatic heterocycles. The van der Waals surface area contributed by atoms with Gasteiger partial charge in [0.25, 0.3) is 0 Å². The van der Waals surface area contributed by atoms with E-state index in [0.29, 0.717) is 0 Å². The number of carbonyl (C=O) groups excluding carboxylic acids is 1. The first kappa shape index (κ1) is 13.5. The number of amides is 1. The number of hydrogen-bond acceptors (Lipinski definition) is 3. The van der Waals surface area contributed by atoms with E-state index >= 15 is 0 Å². The molecule has 2 atom stereocenters. The van der Waals surface area contributed by atoms with Crippen molar-refractivity contribution >= 4 is 5.91 Å². The summed E-state index contributed by atoms with van der Waals surface area (Å²) in [4.78, 5) is 13.5. The molecule has 0 spiro atoms. The van der Waals surface area contributed by atoms with Gasteiger partial charge in [-0.1, -0.05) is 0 Å². The number of rotatable bonds is 5. The van der Waals surface area contributed by atoms with Gasteiger partial charge in [0.05, 0.1) is 6.10 Å². The van der Waals surface area contributed by atoms with Crippen LogP contribution in [0.4, 0.5) is 0 Å². The van der Waals surface area contributed by atoms with Crippen molar-refractivity contribution in [3.8, 4) is 0 Å². The predicted molar refractivity (Wildman–Crippen MR) is 64.1 cm³/mol. The summed E-state index contributed by atoms with van der Waals surface area (Å²) in [5.41, 5.74) is 5.87. The van der Waals surface area contributed by atoms with Crippen LogP contribution in [0.1, 0.15) is 39.5 Å². The highest BCUT2D eigenvalue weighted by molar-refractivity contribution is 5.77. The zero-order chi connectivity index (χ0) is 12.0. The lowest BCUT2D eigenvalue weighted by atomic mass is 9.94. The number of likely N-dealkylation sites (N-methyl/N-ethyl adjacent to an activating group) is 1. The highest BCUT2D eigenvalue weighted by Crippen LogP contribution is 2.19. The summed E-state index contributed by atoms with van der Waals surface area (Å²) in [7, 11) is 0. The molecule has 1 amide bonds. The molecule has 4 nitrogen and oxygen atoms in total. The molecule has 1 rings (SSSR count). The van der Waals surface area contributed by atoms with E-state index in [9.17, 15) is 4.79 Å². The average Bonchev–Trinajstić information content (AvgIpc) is 2.28. The monoisotopic (exact) mass is 228 g/mol. The maximum atomic E-state index is 11.7. The summed E-state index contributed by atoms with van der Waals surface area (Å²) in [5, 5.41) is 0. The number of carbonyl (C=O) groups is 1. The minimum absolute atomic E-state index is 0.0872. The second-order valence-electron chi connectivity index (χ2n) is 4.43. The summed E-state index contributed by atoms with van der Waals surface area (Å²) >= 11 is 0. The summed E-state index contributed by atoms with van der Waals surface area (Å²) in [6.45, 7) is 5.68. The molecule has 0 aromatic rings. The van der Waals surface area contributed by atoms with Crippen molar-refractivity contribution in [1.82, 2.24) is 4.90 Å². The number of ether oxygens (including phenoxy) is 1. The molecular weight excluding hydrogens is 204 g/mol.